The Labute approximate surface area is 165 Å². The van der Waals surface area contributed by atoms with Gasteiger partial charge < -0.3 is 19.4 Å². The second-order valence-corrected chi connectivity index (χ2v) is 8.46. The number of pyridine rings is 1. The molecule has 152 valence electrons. The summed E-state index contributed by atoms with van der Waals surface area (Å²) in [7, 11) is 0. The topological polar surface area (TPSA) is 95.6 Å². The molecule has 0 bridgehead atoms. The van der Waals surface area contributed by atoms with Gasteiger partial charge in [0.1, 0.15) is 11.9 Å². The molecule has 1 amide bonds. The van der Waals surface area contributed by atoms with Crippen LogP contribution in [0.25, 0.3) is 11.4 Å². The highest BCUT2D eigenvalue weighted by atomic mass is 16.5. The van der Waals surface area contributed by atoms with E-state index in [1.165, 1.54) is 0 Å². The highest BCUT2D eigenvalue weighted by molar-refractivity contribution is 5.76. The number of aliphatic hydroxyl groups excluding tert-OH is 1. The first-order valence-corrected chi connectivity index (χ1v) is 9.74. The second kappa shape index (κ2) is 8.26. The third kappa shape index (κ3) is 5.07. The summed E-state index contributed by atoms with van der Waals surface area (Å²) in [4.78, 5) is 25.2. The van der Waals surface area contributed by atoms with E-state index in [9.17, 15) is 9.90 Å². The smallest absolute Gasteiger partial charge is 0.255 e. The summed E-state index contributed by atoms with van der Waals surface area (Å²) in [5.41, 5.74) is 0.953. The van der Waals surface area contributed by atoms with Crippen LogP contribution in [0.5, 0.6) is 0 Å². The molecule has 8 nitrogen and oxygen atoms in total. The van der Waals surface area contributed by atoms with E-state index >= 15 is 0 Å². The lowest BCUT2D eigenvalue weighted by Crippen LogP contribution is -2.49. The zero-order valence-corrected chi connectivity index (χ0v) is 17.1. The fourth-order valence-corrected chi connectivity index (χ4v) is 3.08. The predicted molar refractivity (Wildman–Crippen MR) is 106 cm³/mol. The van der Waals surface area contributed by atoms with Crippen LogP contribution in [-0.4, -0.2) is 57.2 Å². The number of aromatic nitrogens is 3. The number of piperazine rings is 1. The van der Waals surface area contributed by atoms with Gasteiger partial charge in [0.15, 0.2) is 0 Å². The number of anilines is 1. The average molecular weight is 387 g/mol. The lowest BCUT2D eigenvalue weighted by Gasteiger charge is -2.36. The molecule has 1 N–H and O–H groups in total. The van der Waals surface area contributed by atoms with Crippen molar-refractivity contribution in [2.45, 2.75) is 46.6 Å². The summed E-state index contributed by atoms with van der Waals surface area (Å²) in [6, 6.07) is 3.72. The van der Waals surface area contributed by atoms with Crippen LogP contribution in [-0.2, 0) is 4.79 Å². The predicted octanol–water partition coefficient (Wildman–Crippen LogP) is 2.66. The van der Waals surface area contributed by atoms with Crippen LogP contribution in [0.2, 0.25) is 0 Å². The van der Waals surface area contributed by atoms with Gasteiger partial charge in [-0.2, -0.15) is 4.98 Å². The molecule has 8 heteroatoms. The van der Waals surface area contributed by atoms with Gasteiger partial charge in [0.2, 0.25) is 11.7 Å². The van der Waals surface area contributed by atoms with Crippen molar-refractivity contribution in [2.24, 2.45) is 5.41 Å². The van der Waals surface area contributed by atoms with Gasteiger partial charge >= 0.3 is 0 Å². The summed E-state index contributed by atoms with van der Waals surface area (Å²) in [6.45, 7) is 10.9. The van der Waals surface area contributed by atoms with Crippen molar-refractivity contribution in [3.63, 3.8) is 0 Å². The van der Waals surface area contributed by atoms with Crippen LogP contribution in [0.3, 0.4) is 0 Å². The van der Waals surface area contributed by atoms with Crippen LogP contribution in [0.4, 0.5) is 5.82 Å². The van der Waals surface area contributed by atoms with Crippen LogP contribution < -0.4 is 4.90 Å². The monoisotopic (exact) mass is 387 g/mol. The highest BCUT2D eigenvalue weighted by Gasteiger charge is 2.23. The van der Waals surface area contributed by atoms with Crippen molar-refractivity contribution >= 4 is 11.7 Å². The fourth-order valence-electron chi connectivity index (χ4n) is 3.08. The molecule has 1 fully saturated rings. The van der Waals surface area contributed by atoms with Gasteiger partial charge in [-0.3, -0.25) is 4.79 Å². The molecule has 0 aliphatic carbocycles. The molecule has 0 spiro atoms. The Morgan fingerprint density at radius 3 is 2.61 bits per heavy atom. The zero-order chi connectivity index (χ0) is 20.3. The Morgan fingerprint density at radius 1 is 1.29 bits per heavy atom. The summed E-state index contributed by atoms with van der Waals surface area (Å²) >= 11 is 0. The number of hydrogen-bond acceptors (Lipinski definition) is 7. The zero-order valence-electron chi connectivity index (χ0n) is 17.1. The number of aliphatic hydroxyl groups is 1. The van der Waals surface area contributed by atoms with Gasteiger partial charge in [0.05, 0.1) is 0 Å². The molecule has 1 saturated heterocycles. The number of carbonyl (C=O) groups is 1. The van der Waals surface area contributed by atoms with E-state index in [0.29, 0.717) is 25.3 Å². The number of nitrogens with zero attached hydrogens (tertiary/aromatic N) is 5. The maximum atomic E-state index is 12.4. The number of carbonyl (C=O) groups excluding carboxylic acids is 1. The van der Waals surface area contributed by atoms with Gasteiger partial charge in [-0.05, 0) is 30.9 Å². The standard InChI is InChI=1S/C20H29N5O3/c1-14(26)19-22-18(23-28-19)15-6-8-21-16(13-15)24-9-11-25(12-10-24)17(27)5-7-20(2,3)4/h6,8,13-14,26H,5,7,9-12H2,1-4H3/t14-/m1/s1. The fraction of sp³-hybridized carbons (Fsp3) is 0.600. The molecule has 1 atom stereocenters. The molecule has 28 heavy (non-hydrogen) atoms. The van der Waals surface area contributed by atoms with Crippen molar-refractivity contribution in [3.05, 3.63) is 24.2 Å². The number of amides is 1. The van der Waals surface area contributed by atoms with Gasteiger partial charge in [-0.15, -0.1) is 0 Å². The maximum Gasteiger partial charge on any atom is 0.255 e. The van der Waals surface area contributed by atoms with E-state index in [-0.39, 0.29) is 17.2 Å². The van der Waals surface area contributed by atoms with E-state index in [4.69, 9.17) is 4.52 Å². The van der Waals surface area contributed by atoms with Crippen LogP contribution in [0.15, 0.2) is 22.9 Å². The lowest BCUT2D eigenvalue weighted by atomic mass is 9.90. The number of rotatable bonds is 5. The molecule has 0 saturated carbocycles. The molecule has 3 heterocycles. The molecule has 1 aliphatic heterocycles. The first-order chi connectivity index (χ1) is 13.2. The summed E-state index contributed by atoms with van der Waals surface area (Å²) in [6.07, 6.45) is 2.41. The summed E-state index contributed by atoms with van der Waals surface area (Å²) in [5.74, 6) is 1.67. The van der Waals surface area contributed by atoms with E-state index in [1.807, 2.05) is 17.0 Å². The van der Waals surface area contributed by atoms with Crippen LogP contribution >= 0.6 is 0 Å². The van der Waals surface area contributed by atoms with Crippen molar-refractivity contribution in [1.82, 2.24) is 20.0 Å². The molecule has 2 aromatic heterocycles. The van der Waals surface area contributed by atoms with E-state index < -0.39 is 6.10 Å². The minimum Gasteiger partial charge on any atom is -0.384 e. The Balaban J connectivity index is 1.61. The normalized spacial score (nSPS) is 16.3. The average Bonchev–Trinajstić information content (AvgIpc) is 3.16. The molecule has 0 aromatic carbocycles. The SMILES string of the molecule is C[C@@H](O)c1nc(-c2ccnc(N3CCN(C(=O)CCC(C)(C)C)CC3)c2)no1. The minimum absolute atomic E-state index is 0.171. The van der Waals surface area contributed by atoms with E-state index in [0.717, 1.165) is 30.9 Å². The van der Waals surface area contributed by atoms with Gasteiger partial charge in [0, 0.05) is 44.4 Å². The third-order valence-electron chi connectivity index (χ3n) is 4.85. The van der Waals surface area contributed by atoms with Crippen molar-refractivity contribution < 1.29 is 14.4 Å². The van der Waals surface area contributed by atoms with E-state index in [1.54, 1.807) is 13.1 Å². The second-order valence-electron chi connectivity index (χ2n) is 8.46. The molecule has 1 aliphatic rings. The molecule has 0 unspecified atom stereocenters. The van der Waals surface area contributed by atoms with Crippen molar-refractivity contribution in [1.29, 1.82) is 0 Å². The summed E-state index contributed by atoms with van der Waals surface area (Å²) in [5, 5.41) is 13.5. The summed E-state index contributed by atoms with van der Waals surface area (Å²) < 4.78 is 5.06. The third-order valence-corrected chi connectivity index (χ3v) is 4.85. The molecule has 0 radical (unpaired) electrons. The van der Waals surface area contributed by atoms with Gasteiger partial charge in [0.25, 0.3) is 5.89 Å². The molecular formula is C20H29N5O3. The largest absolute Gasteiger partial charge is 0.384 e. The van der Waals surface area contributed by atoms with E-state index in [2.05, 4.69) is 40.8 Å². The van der Waals surface area contributed by atoms with Crippen molar-refractivity contribution in [3.8, 4) is 11.4 Å². The minimum atomic E-state index is -0.800. The Bertz CT molecular complexity index is 804. The Kier molecular flexibility index (Phi) is 5.98. The van der Waals surface area contributed by atoms with Crippen molar-refractivity contribution in [2.75, 3.05) is 31.1 Å². The van der Waals surface area contributed by atoms with Gasteiger partial charge in [-0.1, -0.05) is 25.9 Å². The van der Waals surface area contributed by atoms with Crippen LogP contribution in [0.1, 0.15) is 52.5 Å². The number of hydrogen-bond donors (Lipinski definition) is 1. The Morgan fingerprint density at radius 2 is 2.00 bits per heavy atom. The Hall–Kier alpha value is -2.48. The first-order valence-electron chi connectivity index (χ1n) is 9.74. The highest BCUT2D eigenvalue weighted by Crippen LogP contribution is 2.24. The first kappa shape index (κ1) is 20.3. The maximum absolute atomic E-state index is 12.4. The molecular weight excluding hydrogens is 358 g/mol. The van der Waals surface area contributed by atoms with Gasteiger partial charge in [-0.25, -0.2) is 4.98 Å². The molecule has 3 rings (SSSR count). The quantitative estimate of drug-likeness (QED) is 0.842. The lowest BCUT2D eigenvalue weighted by molar-refractivity contribution is -0.132. The van der Waals surface area contributed by atoms with Crippen LogP contribution in [0, 0.1) is 5.41 Å². The molecule has 2 aromatic rings.